The topological polar surface area (TPSA) is 64.9 Å². The zero-order valence-electron chi connectivity index (χ0n) is 12.0. The number of thioether (sulfide) groups is 1. The molecule has 1 fully saturated rings. The van der Waals surface area contributed by atoms with Crippen LogP contribution in [0.15, 0.2) is 33.7 Å². The minimum absolute atomic E-state index is 0.140. The lowest BCUT2D eigenvalue weighted by molar-refractivity contribution is -0.0328. The molecule has 4 nitrogen and oxygen atoms in total. The van der Waals surface area contributed by atoms with Gasteiger partial charge in [-0.1, -0.05) is 17.3 Å². The fourth-order valence-corrected chi connectivity index (χ4v) is 2.77. The van der Waals surface area contributed by atoms with Crippen LogP contribution in [0.5, 0.6) is 0 Å². The Labute approximate surface area is 134 Å². The first kappa shape index (κ1) is 16.1. The van der Waals surface area contributed by atoms with E-state index >= 15 is 0 Å². The lowest BCUT2D eigenvalue weighted by Crippen LogP contribution is -2.44. The molecule has 23 heavy (non-hydrogen) atoms. The summed E-state index contributed by atoms with van der Waals surface area (Å²) in [5, 5.41) is 3.89. The Balaban J connectivity index is 1.66. The van der Waals surface area contributed by atoms with Gasteiger partial charge in [-0.15, -0.1) is 0 Å². The number of halogens is 3. The molecule has 3 rings (SSSR count). The van der Waals surface area contributed by atoms with Crippen molar-refractivity contribution in [2.24, 2.45) is 5.73 Å². The summed E-state index contributed by atoms with van der Waals surface area (Å²) in [6.45, 7) is 0. The molecule has 0 spiro atoms. The summed E-state index contributed by atoms with van der Waals surface area (Å²) in [5.41, 5.74) is 2.09. The van der Waals surface area contributed by atoms with E-state index in [9.17, 15) is 13.2 Å². The quantitative estimate of drug-likeness (QED) is 0.845. The van der Waals surface area contributed by atoms with Crippen molar-refractivity contribution >= 4 is 23.9 Å². The van der Waals surface area contributed by atoms with Crippen molar-refractivity contribution in [2.75, 3.05) is 0 Å². The standard InChI is InChI=1S/C15H14F3N3OS/c16-15(17,18)23-11-5-2-10(3-6-11)4-7-12-20-13(21-22-12)14(19)8-1-9-14/h2-7H,1,8-9,19H2/b7-4+. The molecule has 122 valence electrons. The second kappa shape index (κ2) is 6.01. The molecule has 0 unspecified atom stereocenters. The molecule has 2 N–H and O–H groups in total. The van der Waals surface area contributed by atoms with E-state index in [4.69, 9.17) is 10.3 Å². The van der Waals surface area contributed by atoms with Gasteiger partial charge in [0.05, 0.1) is 5.54 Å². The van der Waals surface area contributed by atoms with Crippen molar-refractivity contribution in [1.82, 2.24) is 10.1 Å². The maximum absolute atomic E-state index is 12.3. The van der Waals surface area contributed by atoms with Crippen LogP contribution in [0, 0.1) is 0 Å². The summed E-state index contributed by atoms with van der Waals surface area (Å²) < 4.78 is 41.9. The van der Waals surface area contributed by atoms with E-state index in [2.05, 4.69) is 10.1 Å². The van der Waals surface area contributed by atoms with Crippen LogP contribution in [-0.4, -0.2) is 15.6 Å². The summed E-state index contributed by atoms with van der Waals surface area (Å²) in [7, 11) is 0. The smallest absolute Gasteiger partial charge is 0.335 e. The molecule has 1 saturated carbocycles. The van der Waals surface area contributed by atoms with Gasteiger partial charge in [0.25, 0.3) is 5.89 Å². The first-order chi connectivity index (χ1) is 10.8. The fraction of sp³-hybridized carbons (Fsp3) is 0.333. The predicted molar refractivity (Wildman–Crippen MR) is 81.3 cm³/mol. The molecule has 0 radical (unpaired) electrons. The van der Waals surface area contributed by atoms with Gasteiger partial charge in [0.2, 0.25) is 0 Å². The van der Waals surface area contributed by atoms with Gasteiger partial charge >= 0.3 is 5.51 Å². The number of rotatable bonds is 4. The summed E-state index contributed by atoms with van der Waals surface area (Å²) in [4.78, 5) is 4.39. The van der Waals surface area contributed by atoms with Crippen LogP contribution in [0.4, 0.5) is 13.2 Å². The van der Waals surface area contributed by atoms with Crippen LogP contribution in [0.3, 0.4) is 0 Å². The maximum Gasteiger partial charge on any atom is 0.446 e. The number of benzene rings is 1. The first-order valence-corrected chi connectivity index (χ1v) is 7.83. The maximum atomic E-state index is 12.3. The lowest BCUT2D eigenvalue weighted by Gasteiger charge is -2.34. The molecule has 8 heteroatoms. The van der Waals surface area contributed by atoms with Gasteiger partial charge in [0.15, 0.2) is 5.82 Å². The Bertz CT molecular complexity index is 706. The Morgan fingerprint density at radius 3 is 2.43 bits per heavy atom. The molecular formula is C15H14F3N3OS. The number of nitrogens with zero attached hydrogens (tertiary/aromatic N) is 2. The van der Waals surface area contributed by atoms with Crippen LogP contribution < -0.4 is 5.73 Å². The average Bonchev–Trinajstić information content (AvgIpc) is 2.91. The highest BCUT2D eigenvalue weighted by atomic mass is 32.2. The number of hydrogen-bond donors (Lipinski definition) is 1. The lowest BCUT2D eigenvalue weighted by atomic mass is 9.77. The molecule has 1 aromatic heterocycles. The first-order valence-electron chi connectivity index (χ1n) is 7.01. The zero-order valence-corrected chi connectivity index (χ0v) is 12.8. The molecule has 1 aromatic carbocycles. The van der Waals surface area contributed by atoms with Crippen LogP contribution in [0.25, 0.3) is 12.2 Å². The Morgan fingerprint density at radius 1 is 1.17 bits per heavy atom. The number of nitrogens with two attached hydrogens (primary N) is 1. The monoisotopic (exact) mass is 341 g/mol. The zero-order chi connectivity index (χ0) is 16.5. The third-order valence-corrected chi connectivity index (χ3v) is 4.40. The second-order valence-corrected chi connectivity index (χ2v) is 6.55. The second-order valence-electron chi connectivity index (χ2n) is 5.42. The molecule has 1 heterocycles. The normalized spacial score (nSPS) is 17.4. The fourth-order valence-electron chi connectivity index (χ4n) is 2.23. The SMILES string of the molecule is NC1(c2noc(/C=C/c3ccc(SC(F)(F)F)cc3)n2)CCC1. The van der Waals surface area contributed by atoms with E-state index in [1.807, 2.05) is 0 Å². The molecule has 1 aliphatic carbocycles. The molecule has 0 aliphatic heterocycles. The number of hydrogen-bond acceptors (Lipinski definition) is 5. The highest BCUT2D eigenvalue weighted by Crippen LogP contribution is 2.37. The van der Waals surface area contributed by atoms with Crippen LogP contribution in [0.1, 0.15) is 36.5 Å². The molecule has 0 bridgehead atoms. The number of alkyl halides is 3. The Kier molecular flexibility index (Phi) is 4.20. The van der Waals surface area contributed by atoms with Gasteiger partial charge < -0.3 is 10.3 Å². The van der Waals surface area contributed by atoms with Crippen molar-refractivity contribution in [1.29, 1.82) is 0 Å². The van der Waals surface area contributed by atoms with E-state index < -0.39 is 11.0 Å². The third kappa shape index (κ3) is 3.94. The minimum atomic E-state index is -4.28. The van der Waals surface area contributed by atoms with E-state index in [-0.39, 0.29) is 16.7 Å². The van der Waals surface area contributed by atoms with Crippen molar-refractivity contribution in [2.45, 2.75) is 35.2 Å². The van der Waals surface area contributed by atoms with Crippen molar-refractivity contribution in [3.8, 4) is 0 Å². The van der Waals surface area contributed by atoms with Gasteiger partial charge in [-0.25, -0.2) is 0 Å². The van der Waals surface area contributed by atoms with Crippen molar-refractivity contribution < 1.29 is 17.7 Å². The Morgan fingerprint density at radius 2 is 1.87 bits per heavy atom. The van der Waals surface area contributed by atoms with Gasteiger partial charge in [0, 0.05) is 11.0 Å². The Hall–Kier alpha value is -1.80. The summed E-state index contributed by atoms with van der Waals surface area (Å²) in [6.07, 6.45) is 6.05. The average molecular weight is 341 g/mol. The van der Waals surface area contributed by atoms with Crippen molar-refractivity contribution in [3.63, 3.8) is 0 Å². The molecule has 0 amide bonds. The van der Waals surface area contributed by atoms with Gasteiger partial charge in [0.1, 0.15) is 0 Å². The highest BCUT2D eigenvalue weighted by Gasteiger charge is 2.38. The molecular weight excluding hydrogens is 327 g/mol. The van der Waals surface area contributed by atoms with Gasteiger partial charge in [-0.05, 0) is 54.8 Å². The molecule has 0 atom stereocenters. The summed E-state index contributed by atoms with van der Waals surface area (Å²) >= 11 is -0.140. The summed E-state index contributed by atoms with van der Waals surface area (Å²) in [6, 6.07) is 6.02. The third-order valence-electron chi connectivity index (χ3n) is 3.66. The van der Waals surface area contributed by atoms with E-state index in [0.29, 0.717) is 11.7 Å². The largest absolute Gasteiger partial charge is 0.446 e. The van der Waals surface area contributed by atoms with Gasteiger partial charge in [-0.3, -0.25) is 0 Å². The highest BCUT2D eigenvalue weighted by molar-refractivity contribution is 8.00. The van der Waals surface area contributed by atoms with Crippen LogP contribution >= 0.6 is 11.8 Å². The minimum Gasteiger partial charge on any atom is -0.335 e. The predicted octanol–water partition coefficient (Wildman–Crippen LogP) is 4.19. The summed E-state index contributed by atoms with van der Waals surface area (Å²) in [5.74, 6) is 0.825. The van der Waals surface area contributed by atoms with E-state index in [1.54, 1.807) is 24.3 Å². The van der Waals surface area contributed by atoms with Gasteiger partial charge in [-0.2, -0.15) is 18.2 Å². The van der Waals surface area contributed by atoms with Crippen LogP contribution in [0.2, 0.25) is 0 Å². The van der Waals surface area contributed by atoms with Crippen molar-refractivity contribution in [3.05, 3.63) is 41.5 Å². The van der Waals surface area contributed by atoms with E-state index in [0.717, 1.165) is 24.8 Å². The van der Waals surface area contributed by atoms with Crippen LogP contribution in [-0.2, 0) is 5.54 Å². The molecule has 0 saturated heterocycles. The van der Waals surface area contributed by atoms with E-state index in [1.165, 1.54) is 12.1 Å². The number of aromatic nitrogens is 2. The molecule has 2 aromatic rings. The molecule has 1 aliphatic rings.